The van der Waals surface area contributed by atoms with Crippen LogP contribution in [-0.4, -0.2) is 25.4 Å². The molecule has 3 aromatic rings. The van der Waals surface area contributed by atoms with Crippen molar-refractivity contribution in [1.29, 1.82) is 0 Å². The van der Waals surface area contributed by atoms with Crippen molar-refractivity contribution >= 4 is 27.3 Å². The van der Waals surface area contributed by atoms with Crippen LogP contribution in [0.4, 0.5) is 11.4 Å². The molecular weight excluding hydrogens is 434 g/mol. The summed E-state index contributed by atoms with van der Waals surface area (Å²) in [6.07, 6.45) is -1.02. The molecule has 0 heterocycles. The molecule has 0 radical (unpaired) electrons. The smallest absolute Gasteiger partial charge is 0.310 e. The van der Waals surface area contributed by atoms with Crippen LogP contribution >= 0.6 is 0 Å². The Morgan fingerprint density at radius 1 is 1.00 bits per heavy atom. The number of benzene rings is 3. The first-order chi connectivity index (χ1) is 15.3. The van der Waals surface area contributed by atoms with Gasteiger partial charge in [-0.15, -0.1) is 0 Å². The third-order valence-corrected chi connectivity index (χ3v) is 5.89. The molecule has 3 rings (SSSR count). The van der Waals surface area contributed by atoms with Gasteiger partial charge < -0.3 is 10.1 Å². The average molecular weight is 455 g/mol. The number of nitro groups is 1. The molecule has 0 bridgehead atoms. The number of hydrogen-bond acceptors (Lipinski definition) is 6. The van der Waals surface area contributed by atoms with Crippen molar-refractivity contribution in [2.24, 2.45) is 0 Å². The highest BCUT2D eigenvalue weighted by Crippen LogP contribution is 2.27. The van der Waals surface area contributed by atoms with Crippen LogP contribution in [0.3, 0.4) is 0 Å². The van der Waals surface area contributed by atoms with Crippen molar-refractivity contribution in [1.82, 2.24) is 4.72 Å². The van der Waals surface area contributed by atoms with E-state index in [0.29, 0.717) is 5.69 Å². The summed E-state index contributed by atoms with van der Waals surface area (Å²) in [5, 5.41) is 13.7. The van der Waals surface area contributed by atoms with E-state index in [4.69, 9.17) is 4.74 Å². The number of para-hydroxylation sites is 2. The van der Waals surface area contributed by atoms with Crippen molar-refractivity contribution in [2.75, 3.05) is 5.32 Å². The second kappa shape index (κ2) is 10.0. The monoisotopic (exact) mass is 455 g/mol. The van der Waals surface area contributed by atoms with Crippen molar-refractivity contribution in [3.63, 3.8) is 0 Å². The average Bonchev–Trinajstić information content (AvgIpc) is 2.79. The summed E-state index contributed by atoms with van der Waals surface area (Å²) in [6.45, 7) is 1.61. The Morgan fingerprint density at radius 2 is 1.62 bits per heavy atom. The van der Waals surface area contributed by atoms with Gasteiger partial charge in [-0.1, -0.05) is 42.5 Å². The molecule has 1 unspecified atom stereocenters. The summed E-state index contributed by atoms with van der Waals surface area (Å²) in [6, 6.07) is 20.5. The molecule has 0 aliphatic carbocycles. The maximum atomic E-state index is 12.5. The van der Waals surface area contributed by atoms with Gasteiger partial charge in [-0.05, 0) is 42.8 Å². The van der Waals surface area contributed by atoms with E-state index in [-0.39, 0.29) is 22.9 Å². The molecule has 0 aliphatic heterocycles. The third-order valence-electron chi connectivity index (χ3n) is 4.48. The van der Waals surface area contributed by atoms with Crippen molar-refractivity contribution in [2.45, 2.75) is 24.5 Å². The minimum absolute atomic E-state index is 0.0221. The fraction of sp³-hybridized carbons (Fsp3) is 0.136. The topological polar surface area (TPSA) is 128 Å². The van der Waals surface area contributed by atoms with Gasteiger partial charge in [-0.2, -0.15) is 0 Å². The molecule has 0 saturated carbocycles. The van der Waals surface area contributed by atoms with Crippen LogP contribution in [0.5, 0.6) is 5.75 Å². The third kappa shape index (κ3) is 5.90. The number of carbonyl (C=O) groups is 1. The molecule has 2 N–H and O–H groups in total. The van der Waals surface area contributed by atoms with Crippen LogP contribution in [0.1, 0.15) is 12.5 Å². The Bertz CT molecular complexity index is 1200. The van der Waals surface area contributed by atoms with E-state index < -0.39 is 27.0 Å². The van der Waals surface area contributed by atoms with Crippen molar-refractivity contribution < 1.29 is 22.9 Å². The Hall–Kier alpha value is -3.76. The molecule has 0 saturated heterocycles. The quantitative estimate of drug-likeness (QED) is 0.376. The highest BCUT2D eigenvalue weighted by atomic mass is 32.2. The fourth-order valence-corrected chi connectivity index (χ4v) is 3.79. The first kappa shape index (κ1) is 22.9. The number of nitro benzene ring substituents is 1. The van der Waals surface area contributed by atoms with E-state index in [1.54, 1.807) is 6.07 Å². The van der Waals surface area contributed by atoms with Gasteiger partial charge in [-0.25, -0.2) is 13.1 Å². The van der Waals surface area contributed by atoms with Gasteiger partial charge in [-0.3, -0.25) is 14.9 Å². The van der Waals surface area contributed by atoms with E-state index in [0.717, 1.165) is 5.56 Å². The molecule has 1 amide bonds. The molecule has 166 valence electrons. The zero-order valence-corrected chi connectivity index (χ0v) is 17.9. The van der Waals surface area contributed by atoms with E-state index in [9.17, 15) is 23.3 Å². The highest BCUT2D eigenvalue weighted by molar-refractivity contribution is 7.89. The standard InChI is InChI=1S/C22H21N3O6S/c1-16(31-21-10-6-5-9-20(21)25(27)28)22(26)24-18-11-13-19(14-12-18)32(29,30)23-15-17-7-3-2-4-8-17/h2-14,16,23H,15H2,1H3,(H,24,26). The van der Waals surface area contributed by atoms with Gasteiger partial charge in [0.2, 0.25) is 10.0 Å². The summed E-state index contributed by atoms with van der Waals surface area (Å²) >= 11 is 0. The summed E-state index contributed by atoms with van der Waals surface area (Å²) in [4.78, 5) is 22.9. The molecule has 0 aliphatic rings. The minimum Gasteiger partial charge on any atom is -0.474 e. The summed E-state index contributed by atoms with van der Waals surface area (Å²) in [5.41, 5.74) is 0.937. The van der Waals surface area contributed by atoms with Crippen LogP contribution in [0.15, 0.2) is 83.8 Å². The lowest BCUT2D eigenvalue weighted by molar-refractivity contribution is -0.386. The Morgan fingerprint density at radius 3 is 2.28 bits per heavy atom. The number of anilines is 1. The highest BCUT2D eigenvalue weighted by Gasteiger charge is 2.21. The van der Waals surface area contributed by atoms with Gasteiger partial charge in [0, 0.05) is 18.3 Å². The number of ether oxygens (including phenoxy) is 1. The van der Waals surface area contributed by atoms with Gasteiger partial charge in [0.05, 0.1) is 9.82 Å². The molecule has 32 heavy (non-hydrogen) atoms. The van der Waals surface area contributed by atoms with Crippen LogP contribution in [-0.2, 0) is 21.4 Å². The lowest BCUT2D eigenvalue weighted by Crippen LogP contribution is -2.30. The largest absolute Gasteiger partial charge is 0.474 e. The number of nitrogens with zero attached hydrogens (tertiary/aromatic N) is 1. The second-order valence-electron chi connectivity index (χ2n) is 6.81. The maximum absolute atomic E-state index is 12.5. The van der Waals surface area contributed by atoms with Gasteiger partial charge in [0.15, 0.2) is 11.9 Å². The summed E-state index contributed by atoms with van der Waals surface area (Å²) in [5.74, 6) is -0.563. The first-order valence-corrected chi connectivity index (χ1v) is 11.1. The summed E-state index contributed by atoms with van der Waals surface area (Å²) < 4.78 is 32.9. The molecule has 10 heteroatoms. The fourth-order valence-electron chi connectivity index (χ4n) is 2.77. The Kier molecular flexibility index (Phi) is 7.18. The predicted octanol–water partition coefficient (Wildman–Crippen LogP) is 3.48. The van der Waals surface area contributed by atoms with E-state index in [2.05, 4.69) is 10.0 Å². The number of sulfonamides is 1. The summed E-state index contributed by atoms with van der Waals surface area (Å²) in [7, 11) is -3.72. The molecule has 0 spiro atoms. The van der Waals surface area contributed by atoms with Crippen molar-refractivity contribution in [3.05, 3.63) is 94.5 Å². The van der Waals surface area contributed by atoms with E-state index in [1.807, 2.05) is 30.3 Å². The normalized spacial score (nSPS) is 12.0. The van der Waals surface area contributed by atoms with Crippen LogP contribution < -0.4 is 14.8 Å². The molecule has 0 fully saturated rings. The zero-order valence-electron chi connectivity index (χ0n) is 17.1. The number of hydrogen-bond donors (Lipinski definition) is 2. The number of nitrogens with one attached hydrogen (secondary N) is 2. The second-order valence-corrected chi connectivity index (χ2v) is 8.58. The van der Waals surface area contributed by atoms with Gasteiger partial charge in [0.25, 0.3) is 5.91 Å². The molecule has 9 nitrogen and oxygen atoms in total. The number of carbonyl (C=O) groups excluding carboxylic acids is 1. The first-order valence-electron chi connectivity index (χ1n) is 9.61. The lowest BCUT2D eigenvalue weighted by Gasteiger charge is -2.15. The van der Waals surface area contributed by atoms with Gasteiger partial charge >= 0.3 is 5.69 Å². The lowest BCUT2D eigenvalue weighted by atomic mass is 10.2. The SMILES string of the molecule is CC(Oc1ccccc1[N+](=O)[O-])C(=O)Nc1ccc(S(=O)(=O)NCc2ccccc2)cc1. The van der Waals surface area contributed by atoms with Gasteiger partial charge in [0.1, 0.15) is 0 Å². The van der Waals surface area contributed by atoms with Crippen LogP contribution in [0.2, 0.25) is 0 Å². The van der Waals surface area contributed by atoms with E-state index in [1.165, 1.54) is 49.4 Å². The number of amides is 1. The molecular formula is C22H21N3O6S. The predicted molar refractivity (Wildman–Crippen MR) is 119 cm³/mol. The zero-order chi connectivity index (χ0) is 23.1. The maximum Gasteiger partial charge on any atom is 0.310 e. The van der Waals surface area contributed by atoms with Crippen LogP contribution in [0.25, 0.3) is 0 Å². The minimum atomic E-state index is -3.72. The Balaban J connectivity index is 1.61. The van der Waals surface area contributed by atoms with Crippen LogP contribution in [0, 0.1) is 10.1 Å². The molecule has 3 aromatic carbocycles. The van der Waals surface area contributed by atoms with Crippen molar-refractivity contribution in [3.8, 4) is 5.75 Å². The Labute approximate surface area is 185 Å². The molecule has 1 atom stereocenters. The van der Waals surface area contributed by atoms with E-state index >= 15 is 0 Å². The molecule has 0 aromatic heterocycles. The number of rotatable bonds is 9.